The van der Waals surface area contributed by atoms with Gasteiger partial charge in [0.25, 0.3) is 5.91 Å². The van der Waals surface area contributed by atoms with Crippen molar-refractivity contribution >= 4 is 28.0 Å². The topological polar surface area (TPSA) is 114 Å². The van der Waals surface area contributed by atoms with E-state index in [0.29, 0.717) is 45.6 Å². The van der Waals surface area contributed by atoms with Gasteiger partial charge in [0.05, 0.1) is 17.4 Å². The van der Waals surface area contributed by atoms with Gasteiger partial charge in [0.2, 0.25) is 10.0 Å². The normalized spacial score (nSPS) is 18.0. The first kappa shape index (κ1) is 26.0. The summed E-state index contributed by atoms with van der Waals surface area (Å²) in [4.78, 5) is 40.0. The Morgan fingerprint density at radius 1 is 0.912 bits per heavy atom. The molecule has 2 amide bonds. The van der Waals surface area contributed by atoms with Gasteiger partial charge in [-0.25, -0.2) is 13.2 Å². The number of rotatable bonds is 6. The molecule has 2 heterocycles. The minimum absolute atomic E-state index is 0.221. The van der Waals surface area contributed by atoms with Crippen molar-refractivity contribution in [1.29, 1.82) is 0 Å². The van der Waals surface area contributed by atoms with Crippen molar-refractivity contribution < 1.29 is 32.3 Å². The third-order valence-corrected chi connectivity index (χ3v) is 8.29. The molecule has 1 aromatic rings. The fourth-order valence-electron chi connectivity index (χ4n) is 4.05. The van der Waals surface area contributed by atoms with Gasteiger partial charge in [-0.2, -0.15) is 4.31 Å². The van der Waals surface area contributed by atoms with Crippen LogP contribution in [0.15, 0.2) is 23.1 Å². The van der Waals surface area contributed by atoms with E-state index in [1.807, 2.05) is 13.8 Å². The number of carbonyl (C=O) groups excluding carboxylic acids is 3. The first-order valence-corrected chi connectivity index (χ1v) is 13.0. The number of sulfonamides is 1. The van der Waals surface area contributed by atoms with E-state index in [9.17, 15) is 22.8 Å². The summed E-state index contributed by atoms with van der Waals surface area (Å²) in [5, 5.41) is 0. The van der Waals surface area contributed by atoms with E-state index in [1.54, 1.807) is 34.9 Å². The molecule has 2 aliphatic rings. The maximum atomic E-state index is 12.9. The zero-order chi connectivity index (χ0) is 24.9. The summed E-state index contributed by atoms with van der Waals surface area (Å²) in [6.07, 6.45) is 0.289. The fraction of sp³-hybridized carbons (Fsp3) is 0.609. The van der Waals surface area contributed by atoms with Crippen LogP contribution >= 0.6 is 0 Å². The zero-order valence-corrected chi connectivity index (χ0v) is 20.8. The Balaban J connectivity index is 1.44. The molecule has 0 spiro atoms. The average molecular weight is 496 g/mol. The van der Waals surface area contributed by atoms with Crippen LogP contribution in [-0.2, 0) is 29.1 Å². The molecule has 0 N–H and O–H groups in total. The standard InChI is InChI=1S/C23H33N3O7S/c1-4-32-23(29)25-13-11-24(12-14-25)21(27)16-33-22(28)19-7-9-26(10-8-19)34(30,31)20-6-5-17(2)18(3)15-20/h5-6,15,19H,4,7-14,16H2,1-3H3. The number of amides is 2. The highest BCUT2D eigenvalue weighted by molar-refractivity contribution is 7.89. The van der Waals surface area contributed by atoms with Gasteiger partial charge >= 0.3 is 12.1 Å². The van der Waals surface area contributed by atoms with E-state index in [1.165, 1.54) is 4.31 Å². The molecule has 0 unspecified atom stereocenters. The quantitative estimate of drug-likeness (QED) is 0.550. The fourth-order valence-corrected chi connectivity index (χ4v) is 5.61. The van der Waals surface area contributed by atoms with Gasteiger partial charge in [-0.1, -0.05) is 6.07 Å². The number of carbonyl (C=O) groups is 3. The second kappa shape index (κ2) is 11.2. The molecule has 34 heavy (non-hydrogen) atoms. The van der Waals surface area contributed by atoms with Gasteiger partial charge in [0, 0.05) is 39.3 Å². The summed E-state index contributed by atoms with van der Waals surface area (Å²) in [5.74, 6) is -1.24. The third-order valence-electron chi connectivity index (χ3n) is 6.40. The first-order valence-electron chi connectivity index (χ1n) is 11.6. The van der Waals surface area contributed by atoms with Crippen LogP contribution in [0.2, 0.25) is 0 Å². The largest absolute Gasteiger partial charge is 0.455 e. The molecule has 0 aromatic heterocycles. The number of nitrogens with zero attached hydrogens (tertiary/aromatic N) is 3. The molecule has 11 heteroatoms. The van der Waals surface area contributed by atoms with E-state index in [4.69, 9.17) is 9.47 Å². The lowest BCUT2D eigenvalue weighted by Crippen LogP contribution is -2.51. The number of esters is 1. The van der Waals surface area contributed by atoms with E-state index in [-0.39, 0.29) is 30.5 Å². The van der Waals surface area contributed by atoms with Gasteiger partial charge in [0.1, 0.15) is 0 Å². The molecule has 0 radical (unpaired) electrons. The van der Waals surface area contributed by atoms with Crippen LogP contribution < -0.4 is 0 Å². The van der Waals surface area contributed by atoms with Crippen LogP contribution in [0.25, 0.3) is 0 Å². The molecule has 2 fully saturated rings. The van der Waals surface area contributed by atoms with E-state index >= 15 is 0 Å². The number of piperazine rings is 1. The van der Waals surface area contributed by atoms with E-state index < -0.39 is 28.0 Å². The second-order valence-electron chi connectivity index (χ2n) is 8.60. The molecule has 2 aliphatic heterocycles. The summed E-state index contributed by atoms with van der Waals surface area (Å²) < 4.78 is 37.5. The van der Waals surface area contributed by atoms with Gasteiger partial charge in [-0.3, -0.25) is 9.59 Å². The summed E-state index contributed by atoms with van der Waals surface area (Å²) >= 11 is 0. The first-order chi connectivity index (χ1) is 16.1. The van der Waals surface area contributed by atoms with Crippen LogP contribution in [0.5, 0.6) is 0 Å². The molecule has 0 saturated carbocycles. The Hall–Kier alpha value is -2.66. The summed E-state index contributed by atoms with van der Waals surface area (Å²) in [6.45, 7) is 7.35. The minimum Gasteiger partial charge on any atom is -0.455 e. The van der Waals surface area contributed by atoms with Crippen LogP contribution in [0, 0.1) is 19.8 Å². The monoisotopic (exact) mass is 495 g/mol. The van der Waals surface area contributed by atoms with Crippen molar-refractivity contribution in [3.63, 3.8) is 0 Å². The van der Waals surface area contributed by atoms with Gasteiger partial charge < -0.3 is 19.3 Å². The molecule has 0 aliphatic carbocycles. The highest BCUT2D eigenvalue weighted by atomic mass is 32.2. The van der Waals surface area contributed by atoms with Crippen molar-refractivity contribution in [3.05, 3.63) is 29.3 Å². The molecule has 2 saturated heterocycles. The molecule has 188 valence electrons. The maximum absolute atomic E-state index is 12.9. The molecule has 0 atom stereocenters. The number of aryl methyl sites for hydroxylation is 2. The smallest absolute Gasteiger partial charge is 0.409 e. The summed E-state index contributed by atoms with van der Waals surface area (Å²) in [6, 6.07) is 5.07. The number of piperidine rings is 1. The molecule has 1 aromatic carbocycles. The molecular weight excluding hydrogens is 462 g/mol. The van der Waals surface area contributed by atoms with Gasteiger partial charge in [0.15, 0.2) is 6.61 Å². The predicted octanol–water partition coefficient (Wildman–Crippen LogP) is 1.55. The second-order valence-corrected chi connectivity index (χ2v) is 10.5. The van der Waals surface area contributed by atoms with Crippen molar-refractivity contribution in [3.8, 4) is 0 Å². The lowest BCUT2D eigenvalue weighted by molar-refractivity contribution is -0.157. The number of ether oxygens (including phenoxy) is 2. The lowest BCUT2D eigenvalue weighted by atomic mass is 9.98. The van der Waals surface area contributed by atoms with Crippen LogP contribution in [0.3, 0.4) is 0 Å². The molecule has 3 rings (SSSR count). The Bertz CT molecular complexity index is 1010. The maximum Gasteiger partial charge on any atom is 0.409 e. The predicted molar refractivity (Wildman–Crippen MR) is 124 cm³/mol. The SMILES string of the molecule is CCOC(=O)N1CCN(C(=O)COC(=O)C2CCN(S(=O)(=O)c3ccc(C)c(C)c3)CC2)CC1. The van der Waals surface area contributed by atoms with Crippen molar-refractivity contribution in [2.75, 3.05) is 52.5 Å². The Morgan fingerprint density at radius 3 is 2.12 bits per heavy atom. The van der Waals surface area contributed by atoms with Crippen molar-refractivity contribution in [2.24, 2.45) is 5.92 Å². The van der Waals surface area contributed by atoms with E-state index in [0.717, 1.165) is 11.1 Å². The van der Waals surface area contributed by atoms with E-state index in [2.05, 4.69) is 0 Å². The molecule has 10 nitrogen and oxygen atoms in total. The molecule has 0 bridgehead atoms. The number of hydrogen-bond acceptors (Lipinski definition) is 7. The number of benzene rings is 1. The summed E-state index contributed by atoms with van der Waals surface area (Å²) in [5.41, 5.74) is 1.93. The highest BCUT2D eigenvalue weighted by Gasteiger charge is 2.33. The summed E-state index contributed by atoms with van der Waals surface area (Å²) in [7, 11) is -3.62. The lowest BCUT2D eigenvalue weighted by Gasteiger charge is -2.34. The van der Waals surface area contributed by atoms with Gasteiger partial charge in [-0.15, -0.1) is 0 Å². The minimum atomic E-state index is -3.62. The van der Waals surface area contributed by atoms with Gasteiger partial charge in [-0.05, 0) is 56.9 Å². The van der Waals surface area contributed by atoms with Crippen molar-refractivity contribution in [1.82, 2.24) is 14.1 Å². The van der Waals surface area contributed by atoms with Crippen LogP contribution in [0.1, 0.15) is 30.9 Å². The third kappa shape index (κ3) is 6.06. The van der Waals surface area contributed by atoms with Crippen LogP contribution in [-0.4, -0.2) is 93.0 Å². The molecular formula is C23H33N3O7S. The zero-order valence-electron chi connectivity index (χ0n) is 20.0. The Labute approximate surface area is 200 Å². The van der Waals surface area contributed by atoms with Crippen LogP contribution in [0.4, 0.5) is 4.79 Å². The average Bonchev–Trinajstić information content (AvgIpc) is 2.84. The Morgan fingerprint density at radius 2 is 1.53 bits per heavy atom. The highest BCUT2D eigenvalue weighted by Crippen LogP contribution is 2.25. The van der Waals surface area contributed by atoms with Crippen molar-refractivity contribution in [2.45, 2.75) is 38.5 Å². The number of hydrogen-bond donors (Lipinski definition) is 0. The Kier molecular flexibility index (Phi) is 8.53.